The van der Waals surface area contributed by atoms with E-state index in [0.29, 0.717) is 6.42 Å². The van der Waals surface area contributed by atoms with Crippen LogP contribution in [0.3, 0.4) is 0 Å². The maximum atomic E-state index is 12.1. The summed E-state index contributed by atoms with van der Waals surface area (Å²) >= 11 is 0. The average Bonchev–Trinajstić information content (AvgIpc) is 3.09. The second-order valence-corrected chi connectivity index (χ2v) is 5.44. The summed E-state index contributed by atoms with van der Waals surface area (Å²) in [5.41, 5.74) is 0.167. The minimum atomic E-state index is -0.564. The van der Waals surface area contributed by atoms with E-state index in [1.807, 2.05) is 37.3 Å². The van der Waals surface area contributed by atoms with Crippen LogP contribution in [-0.4, -0.2) is 11.8 Å². The summed E-state index contributed by atoms with van der Waals surface area (Å²) in [6, 6.07) is 9.73. The third-order valence-electron chi connectivity index (χ3n) is 4.17. The molecule has 3 rings (SSSR count). The summed E-state index contributed by atoms with van der Waals surface area (Å²) in [4.78, 5) is 23.9. The Labute approximate surface area is 100 Å². The summed E-state index contributed by atoms with van der Waals surface area (Å²) in [6.45, 7) is 1.93. The molecule has 3 heteroatoms. The number of piperidine rings is 1. The molecule has 1 saturated heterocycles. The lowest BCUT2D eigenvalue weighted by atomic mass is 9.70. The maximum absolute atomic E-state index is 12.1. The molecule has 1 aliphatic carbocycles. The van der Waals surface area contributed by atoms with E-state index in [-0.39, 0.29) is 17.2 Å². The van der Waals surface area contributed by atoms with E-state index in [9.17, 15) is 9.59 Å². The monoisotopic (exact) mass is 229 g/mol. The second kappa shape index (κ2) is 3.19. The third-order valence-corrected chi connectivity index (χ3v) is 4.17. The first-order chi connectivity index (χ1) is 8.07. The Morgan fingerprint density at radius 1 is 1.06 bits per heavy atom. The molecule has 1 N–H and O–H groups in total. The Morgan fingerprint density at radius 3 is 2.29 bits per heavy atom. The van der Waals surface area contributed by atoms with Gasteiger partial charge in [-0.3, -0.25) is 14.9 Å². The van der Waals surface area contributed by atoms with Gasteiger partial charge in [-0.25, -0.2) is 0 Å². The molecule has 1 heterocycles. The Hall–Kier alpha value is -1.64. The van der Waals surface area contributed by atoms with Gasteiger partial charge in [-0.05, 0) is 31.7 Å². The highest BCUT2D eigenvalue weighted by atomic mass is 16.2. The van der Waals surface area contributed by atoms with Crippen molar-refractivity contribution in [2.45, 2.75) is 31.6 Å². The predicted molar refractivity (Wildman–Crippen MR) is 63.2 cm³/mol. The lowest BCUT2D eigenvalue weighted by molar-refractivity contribution is -0.142. The van der Waals surface area contributed by atoms with Crippen LogP contribution in [0.2, 0.25) is 0 Å². The summed E-state index contributed by atoms with van der Waals surface area (Å²) in [5.74, 6) is -0.234. The molecule has 1 aromatic rings. The molecule has 0 aromatic heterocycles. The molecule has 17 heavy (non-hydrogen) atoms. The van der Waals surface area contributed by atoms with Gasteiger partial charge in [-0.2, -0.15) is 0 Å². The van der Waals surface area contributed by atoms with Crippen LogP contribution in [0.1, 0.15) is 31.7 Å². The van der Waals surface area contributed by atoms with Gasteiger partial charge < -0.3 is 0 Å². The van der Waals surface area contributed by atoms with Crippen LogP contribution < -0.4 is 5.32 Å². The fourth-order valence-corrected chi connectivity index (χ4v) is 2.80. The zero-order valence-electron chi connectivity index (χ0n) is 9.82. The van der Waals surface area contributed by atoms with Crippen LogP contribution in [0.15, 0.2) is 30.3 Å². The van der Waals surface area contributed by atoms with E-state index in [0.717, 1.165) is 18.4 Å². The number of rotatable bonds is 1. The minimum Gasteiger partial charge on any atom is -0.295 e. The van der Waals surface area contributed by atoms with E-state index in [4.69, 9.17) is 0 Å². The molecule has 1 aliphatic heterocycles. The minimum absolute atomic E-state index is 0.0732. The van der Waals surface area contributed by atoms with E-state index >= 15 is 0 Å². The van der Waals surface area contributed by atoms with E-state index in [2.05, 4.69) is 5.32 Å². The van der Waals surface area contributed by atoms with Crippen molar-refractivity contribution in [3.8, 4) is 0 Å². The first-order valence-electron chi connectivity index (χ1n) is 5.98. The number of amides is 2. The van der Waals surface area contributed by atoms with E-state index in [1.165, 1.54) is 0 Å². The molecule has 1 saturated carbocycles. The molecule has 1 unspecified atom stereocenters. The van der Waals surface area contributed by atoms with Crippen LogP contribution in [0.25, 0.3) is 0 Å². The first-order valence-corrected chi connectivity index (χ1v) is 5.98. The average molecular weight is 229 g/mol. The van der Waals surface area contributed by atoms with Crippen LogP contribution in [0.4, 0.5) is 0 Å². The van der Waals surface area contributed by atoms with Crippen molar-refractivity contribution in [3.63, 3.8) is 0 Å². The molecular weight excluding hydrogens is 214 g/mol. The molecule has 1 atom stereocenters. The van der Waals surface area contributed by atoms with Crippen molar-refractivity contribution in [1.29, 1.82) is 0 Å². The van der Waals surface area contributed by atoms with Gasteiger partial charge in [0.2, 0.25) is 11.8 Å². The van der Waals surface area contributed by atoms with Crippen molar-refractivity contribution in [3.05, 3.63) is 35.9 Å². The highest BCUT2D eigenvalue weighted by Crippen LogP contribution is 2.56. The van der Waals surface area contributed by atoms with Crippen LogP contribution in [-0.2, 0) is 15.0 Å². The Balaban J connectivity index is 2.02. The van der Waals surface area contributed by atoms with Crippen molar-refractivity contribution >= 4 is 11.8 Å². The SMILES string of the molecule is CC1(c2ccccc2)CC2(CC2)C(=O)NC1=O. The van der Waals surface area contributed by atoms with Crippen molar-refractivity contribution in [1.82, 2.24) is 5.32 Å². The van der Waals surface area contributed by atoms with Crippen LogP contribution in [0.5, 0.6) is 0 Å². The molecule has 2 amide bonds. The molecule has 2 fully saturated rings. The van der Waals surface area contributed by atoms with Crippen molar-refractivity contribution in [2.75, 3.05) is 0 Å². The third kappa shape index (κ3) is 1.42. The van der Waals surface area contributed by atoms with E-state index < -0.39 is 5.41 Å². The van der Waals surface area contributed by atoms with Gasteiger partial charge in [0, 0.05) is 0 Å². The van der Waals surface area contributed by atoms with Gasteiger partial charge in [-0.15, -0.1) is 0 Å². The highest BCUT2D eigenvalue weighted by molar-refractivity contribution is 6.06. The van der Waals surface area contributed by atoms with Gasteiger partial charge in [0.25, 0.3) is 0 Å². The fourth-order valence-electron chi connectivity index (χ4n) is 2.80. The van der Waals surface area contributed by atoms with Crippen molar-refractivity contribution in [2.24, 2.45) is 5.41 Å². The Kier molecular flexibility index (Phi) is 1.97. The standard InChI is InChI=1S/C14H15NO2/c1-13(10-5-3-2-4-6-10)9-14(7-8-14)12(17)15-11(13)16/h2-6H,7-9H2,1H3,(H,15,16,17). The Morgan fingerprint density at radius 2 is 1.71 bits per heavy atom. The highest BCUT2D eigenvalue weighted by Gasteiger charge is 2.59. The molecule has 0 bridgehead atoms. The number of imide groups is 1. The number of hydrogen-bond donors (Lipinski definition) is 1. The smallest absolute Gasteiger partial charge is 0.236 e. The lowest BCUT2D eigenvalue weighted by Crippen LogP contribution is -2.54. The van der Waals surface area contributed by atoms with E-state index in [1.54, 1.807) is 0 Å². The topological polar surface area (TPSA) is 46.2 Å². The van der Waals surface area contributed by atoms with Crippen LogP contribution in [0, 0.1) is 5.41 Å². The summed E-state index contributed by atoms with van der Waals surface area (Å²) in [6.07, 6.45) is 2.47. The zero-order valence-corrected chi connectivity index (χ0v) is 9.82. The summed E-state index contributed by atoms with van der Waals surface area (Å²) < 4.78 is 0. The second-order valence-electron chi connectivity index (χ2n) is 5.44. The summed E-state index contributed by atoms with van der Waals surface area (Å²) in [7, 11) is 0. The van der Waals surface area contributed by atoms with Gasteiger partial charge >= 0.3 is 0 Å². The summed E-state index contributed by atoms with van der Waals surface area (Å²) in [5, 5.41) is 2.54. The maximum Gasteiger partial charge on any atom is 0.236 e. The zero-order chi connectivity index (χ0) is 12.1. The number of carbonyl (C=O) groups is 2. The Bertz CT molecular complexity index is 490. The number of nitrogens with one attached hydrogen (secondary N) is 1. The molecular formula is C14H15NO2. The molecule has 1 spiro atoms. The van der Waals surface area contributed by atoms with Gasteiger partial charge in [0.1, 0.15) is 0 Å². The fraction of sp³-hybridized carbons (Fsp3) is 0.429. The van der Waals surface area contributed by atoms with Crippen molar-refractivity contribution < 1.29 is 9.59 Å². The molecule has 88 valence electrons. The molecule has 1 aromatic carbocycles. The largest absolute Gasteiger partial charge is 0.295 e. The van der Waals surface area contributed by atoms with Gasteiger partial charge in [0.05, 0.1) is 10.8 Å². The molecule has 0 radical (unpaired) electrons. The van der Waals surface area contributed by atoms with Crippen LogP contribution >= 0.6 is 0 Å². The number of benzene rings is 1. The quantitative estimate of drug-likeness (QED) is 0.746. The number of carbonyl (C=O) groups excluding carboxylic acids is 2. The lowest BCUT2D eigenvalue weighted by Gasteiger charge is -2.36. The number of hydrogen-bond acceptors (Lipinski definition) is 2. The van der Waals surface area contributed by atoms with Gasteiger partial charge in [-0.1, -0.05) is 30.3 Å². The first kappa shape index (κ1) is 10.5. The normalized spacial score (nSPS) is 30.2. The molecule has 2 aliphatic rings. The predicted octanol–water partition coefficient (Wildman–Crippen LogP) is 1.77. The molecule has 3 nitrogen and oxygen atoms in total. The van der Waals surface area contributed by atoms with Gasteiger partial charge in [0.15, 0.2) is 0 Å².